The minimum absolute atomic E-state index is 0.0677. The minimum Gasteiger partial charge on any atom is -0.508 e. The molecule has 3 rings (SSSR count). The van der Waals surface area contributed by atoms with Crippen LogP contribution < -0.4 is 5.73 Å². The summed E-state index contributed by atoms with van der Waals surface area (Å²) in [5.74, 6) is 0.364. The van der Waals surface area contributed by atoms with Crippen molar-refractivity contribution in [3.05, 3.63) is 46.2 Å². The summed E-state index contributed by atoms with van der Waals surface area (Å²) >= 11 is 1.42. The second kappa shape index (κ2) is 7.04. The minimum atomic E-state index is 0.0677. The number of carbonyl (C=O) groups is 1. The Kier molecular flexibility index (Phi) is 4.86. The molecular formula is C18H22N2O2S. The fraction of sp³-hybridized carbons (Fsp3) is 0.389. The van der Waals surface area contributed by atoms with Gasteiger partial charge in [-0.05, 0) is 61.2 Å². The van der Waals surface area contributed by atoms with E-state index in [2.05, 4.69) is 0 Å². The van der Waals surface area contributed by atoms with Crippen molar-refractivity contribution in [1.82, 2.24) is 4.90 Å². The van der Waals surface area contributed by atoms with E-state index in [4.69, 9.17) is 5.73 Å². The molecule has 4 nitrogen and oxygen atoms in total. The van der Waals surface area contributed by atoms with Gasteiger partial charge in [0.25, 0.3) is 5.91 Å². The van der Waals surface area contributed by atoms with Crippen LogP contribution >= 0.6 is 11.3 Å². The van der Waals surface area contributed by atoms with Gasteiger partial charge in [-0.2, -0.15) is 0 Å². The average molecular weight is 330 g/mol. The number of amides is 1. The number of hydrogen-bond acceptors (Lipinski definition) is 4. The average Bonchev–Trinajstić information content (AvgIpc) is 2.99. The lowest BCUT2D eigenvalue weighted by atomic mass is 9.95. The Hall–Kier alpha value is -2.01. The maximum absolute atomic E-state index is 12.8. The van der Waals surface area contributed by atoms with E-state index in [1.807, 2.05) is 22.4 Å². The van der Waals surface area contributed by atoms with E-state index < -0.39 is 0 Å². The molecule has 0 bridgehead atoms. The van der Waals surface area contributed by atoms with E-state index in [0.29, 0.717) is 16.3 Å². The van der Waals surface area contributed by atoms with Crippen LogP contribution in [0.2, 0.25) is 0 Å². The molecule has 1 aliphatic heterocycles. The van der Waals surface area contributed by atoms with Gasteiger partial charge < -0.3 is 15.7 Å². The van der Waals surface area contributed by atoms with Crippen LogP contribution in [0.4, 0.5) is 5.69 Å². The predicted molar refractivity (Wildman–Crippen MR) is 93.8 cm³/mol. The number of phenols is 1. The third kappa shape index (κ3) is 3.67. The summed E-state index contributed by atoms with van der Waals surface area (Å²) < 4.78 is 0. The number of aromatic hydroxyl groups is 1. The zero-order chi connectivity index (χ0) is 16.2. The number of nitrogens with two attached hydrogens (primary N) is 1. The molecule has 3 N–H and O–H groups in total. The van der Waals surface area contributed by atoms with Crippen LogP contribution in [0.3, 0.4) is 0 Å². The Balaban J connectivity index is 1.69. The van der Waals surface area contributed by atoms with E-state index in [0.717, 1.165) is 44.2 Å². The lowest BCUT2D eigenvalue weighted by Crippen LogP contribution is -2.43. The summed E-state index contributed by atoms with van der Waals surface area (Å²) in [4.78, 5) is 15.4. The van der Waals surface area contributed by atoms with Crippen molar-refractivity contribution in [2.45, 2.75) is 38.1 Å². The number of rotatable bonds is 4. The number of phenolic OH excluding ortho intramolecular Hbond substituents is 1. The van der Waals surface area contributed by atoms with Crippen molar-refractivity contribution in [2.75, 3.05) is 12.3 Å². The van der Waals surface area contributed by atoms with Crippen LogP contribution in [0.25, 0.3) is 0 Å². The quantitative estimate of drug-likeness (QED) is 0.899. The smallest absolute Gasteiger partial charge is 0.266 e. The van der Waals surface area contributed by atoms with E-state index in [1.165, 1.54) is 11.3 Å². The van der Waals surface area contributed by atoms with Crippen LogP contribution in [-0.4, -0.2) is 28.5 Å². The molecule has 2 heterocycles. The Labute approximate surface area is 140 Å². The fourth-order valence-electron chi connectivity index (χ4n) is 3.24. The lowest BCUT2D eigenvalue weighted by molar-refractivity contribution is 0.0608. The normalized spacial score (nSPS) is 18.1. The molecule has 0 radical (unpaired) electrons. The number of anilines is 1. The van der Waals surface area contributed by atoms with Crippen LogP contribution in [0, 0.1) is 0 Å². The molecule has 2 aromatic rings. The summed E-state index contributed by atoms with van der Waals surface area (Å²) in [6.07, 6.45) is 5.03. The molecule has 23 heavy (non-hydrogen) atoms. The highest BCUT2D eigenvalue weighted by atomic mass is 32.1. The van der Waals surface area contributed by atoms with Gasteiger partial charge in [-0.15, -0.1) is 11.3 Å². The summed E-state index contributed by atoms with van der Waals surface area (Å²) in [5.41, 5.74) is 7.60. The molecule has 0 spiro atoms. The van der Waals surface area contributed by atoms with E-state index >= 15 is 0 Å². The van der Waals surface area contributed by atoms with Gasteiger partial charge in [-0.1, -0.05) is 12.1 Å². The largest absolute Gasteiger partial charge is 0.508 e. The lowest BCUT2D eigenvalue weighted by Gasteiger charge is -2.36. The Morgan fingerprint density at radius 2 is 2.22 bits per heavy atom. The SMILES string of the molecule is Nc1ccsc1C(=O)N1CCCCC1CCc1cccc(O)c1. The summed E-state index contributed by atoms with van der Waals surface area (Å²) in [6.45, 7) is 0.806. The molecule has 1 saturated heterocycles. The van der Waals surface area contributed by atoms with Crippen molar-refractivity contribution in [2.24, 2.45) is 0 Å². The first kappa shape index (κ1) is 15.9. The molecule has 1 aromatic carbocycles. The second-order valence-corrected chi connectivity index (χ2v) is 6.98. The van der Waals surface area contributed by atoms with Gasteiger partial charge >= 0.3 is 0 Å². The highest BCUT2D eigenvalue weighted by Gasteiger charge is 2.28. The molecular weight excluding hydrogens is 308 g/mol. The summed E-state index contributed by atoms with van der Waals surface area (Å²) in [6, 6.07) is 9.40. The first-order chi connectivity index (χ1) is 11.1. The standard InChI is InChI=1S/C18H22N2O2S/c19-16-9-11-23-17(16)18(22)20-10-2-1-5-14(20)8-7-13-4-3-6-15(21)12-13/h3-4,6,9,11-12,14,21H,1-2,5,7-8,10,19H2. The zero-order valence-electron chi connectivity index (χ0n) is 13.1. The van der Waals surface area contributed by atoms with Gasteiger partial charge in [-0.3, -0.25) is 4.79 Å². The van der Waals surface area contributed by atoms with E-state index in [9.17, 15) is 9.90 Å². The van der Waals surface area contributed by atoms with Crippen LogP contribution in [0.15, 0.2) is 35.7 Å². The highest BCUT2D eigenvalue weighted by molar-refractivity contribution is 7.12. The van der Waals surface area contributed by atoms with Gasteiger partial charge in [0, 0.05) is 12.6 Å². The number of benzene rings is 1. The molecule has 1 unspecified atom stereocenters. The van der Waals surface area contributed by atoms with Gasteiger partial charge in [0.05, 0.1) is 5.69 Å². The molecule has 1 fully saturated rings. The summed E-state index contributed by atoms with van der Waals surface area (Å²) in [5, 5.41) is 11.4. The first-order valence-corrected chi connectivity index (χ1v) is 8.95. The van der Waals surface area contributed by atoms with Gasteiger partial charge in [0.15, 0.2) is 0 Å². The number of likely N-dealkylation sites (tertiary alicyclic amines) is 1. The molecule has 1 aliphatic rings. The number of thiophene rings is 1. The maximum atomic E-state index is 12.8. The molecule has 5 heteroatoms. The topological polar surface area (TPSA) is 66.6 Å². The Morgan fingerprint density at radius 1 is 1.35 bits per heavy atom. The van der Waals surface area contributed by atoms with Crippen LogP contribution in [0.1, 0.15) is 40.9 Å². The molecule has 1 amide bonds. The molecule has 122 valence electrons. The van der Waals surface area contributed by atoms with Gasteiger partial charge in [0.1, 0.15) is 10.6 Å². The predicted octanol–water partition coefficient (Wildman–Crippen LogP) is 3.66. The number of nitrogens with zero attached hydrogens (tertiary/aromatic N) is 1. The fourth-order valence-corrected chi connectivity index (χ4v) is 4.01. The van der Waals surface area contributed by atoms with Crippen molar-refractivity contribution in [3.63, 3.8) is 0 Å². The van der Waals surface area contributed by atoms with Crippen molar-refractivity contribution in [3.8, 4) is 5.75 Å². The van der Waals surface area contributed by atoms with Crippen molar-refractivity contribution < 1.29 is 9.90 Å². The number of piperidine rings is 1. The van der Waals surface area contributed by atoms with E-state index in [-0.39, 0.29) is 11.9 Å². The van der Waals surface area contributed by atoms with E-state index in [1.54, 1.807) is 18.2 Å². The number of hydrogen-bond donors (Lipinski definition) is 2. The van der Waals surface area contributed by atoms with Gasteiger partial charge in [0.2, 0.25) is 0 Å². The van der Waals surface area contributed by atoms with Crippen LogP contribution in [-0.2, 0) is 6.42 Å². The molecule has 0 aliphatic carbocycles. The Morgan fingerprint density at radius 3 is 2.96 bits per heavy atom. The molecule has 1 aromatic heterocycles. The monoisotopic (exact) mass is 330 g/mol. The number of aryl methyl sites for hydroxylation is 1. The summed E-state index contributed by atoms with van der Waals surface area (Å²) in [7, 11) is 0. The zero-order valence-corrected chi connectivity index (χ0v) is 13.9. The molecule has 1 atom stereocenters. The van der Waals surface area contributed by atoms with Crippen LogP contribution in [0.5, 0.6) is 5.75 Å². The van der Waals surface area contributed by atoms with Crippen molar-refractivity contribution >= 4 is 22.9 Å². The molecule has 0 saturated carbocycles. The highest BCUT2D eigenvalue weighted by Crippen LogP contribution is 2.27. The number of nitrogen functional groups attached to an aromatic ring is 1. The second-order valence-electron chi connectivity index (χ2n) is 6.06. The third-order valence-electron chi connectivity index (χ3n) is 4.45. The number of carbonyl (C=O) groups excluding carboxylic acids is 1. The maximum Gasteiger partial charge on any atom is 0.266 e. The van der Waals surface area contributed by atoms with Gasteiger partial charge in [-0.25, -0.2) is 0 Å². The van der Waals surface area contributed by atoms with Crippen molar-refractivity contribution in [1.29, 1.82) is 0 Å². The Bertz CT molecular complexity index is 683. The third-order valence-corrected chi connectivity index (χ3v) is 5.37. The first-order valence-electron chi connectivity index (χ1n) is 8.07.